The van der Waals surface area contributed by atoms with Crippen molar-refractivity contribution >= 4 is 42.9 Å². The number of rotatable bonds is 5. The normalized spacial score (nSPS) is 21.6. The second-order valence-electron chi connectivity index (χ2n) is 9.59. The molecule has 0 aromatic carbocycles. The van der Waals surface area contributed by atoms with Gasteiger partial charge >= 0.3 is 6.09 Å². The van der Waals surface area contributed by atoms with Crippen molar-refractivity contribution in [2.45, 2.75) is 76.9 Å². The number of amides is 1. The molecule has 2 unspecified atom stereocenters. The van der Waals surface area contributed by atoms with Crippen LogP contribution in [0.5, 0.6) is 0 Å². The first kappa shape index (κ1) is 22.8. The number of piperidine rings is 1. The minimum atomic E-state index is -1.99. The van der Waals surface area contributed by atoms with Crippen molar-refractivity contribution in [3.63, 3.8) is 0 Å². The fourth-order valence-electron chi connectivity index (χ4n) is 3.76. The van der Waals surface area contributed by atoms with Gasteiger partial charge in [-0.2, -0.15) is 4.98 Å². The minimum absolute atomic E-state index is 0.0681. The number of aromatic nitrogens is 3. The molecule has 2 aromatic heterocycles. The molecular formula is C20H32ClN5O3Si. The number of nitrogens with zero attached hydrogens (tertiary/aromatic N) is 3. The number of hydrogen-bond acceptors (Lipinski definition) is 5. The number of anilines is 1. The Bertz CT molecular complexity index is 913. The quantitative estimate of drug-likeness (QED) is 0.437. The Hall–Kier alpha value is -1.84. The molecule has 1 aliphatic heterocycles. The Morgan fingerprint density at radius 3 is 2.73 bits per heavy atom. The van der Waals surface area contributed by atoms with Crippen LogP contribution < -0.4 is 5.32 Å². The molecule has 1 aliphatic rings. The van der Waals surface area contributed by atoms with Gasteiger partial charge in [-0.25, -0.2) is 9.78 Å². The smallest absolute Gasteiger partial charge is 0.407 e. The van der Waals surface area contributed by atoms with Crippen LogP contribution >= 0.6 is 11.6 Å². The van der Waals surface area contributed by atoms with Crippen LogP contribution in [-0.4, -0.2) is 64.1 Å². The van der Waals surface area contributed by atoms with E-state index in [2.05, 4.69) is 54.1 Å². The van der Waals surface area contributed by atoms with E-state index in [9.17, 15) is 9.90 Å². The summed E-state index contributed by atoms with van der Waals surface area (Å²) in [5.74, 6) is 0.616. The van der Waals surface area contributed by atoms with Gasteiger partial charge in [0, 0.05) is 18.8 Å². The summed E-state index contributed by atoms with van der Waals surface area (Å²) in [5, 5.41) is 14.3. The molecule has 3 heterocycles. The van der Waals surface area contributed by atoms with Crippen molar-refractivity contribution in [3.8, 4) is 0 Å². The zero-order valence-corrected chi connectivity index (χ0v) is 20.2. The first-order valence-electron chi connectivity index (χ1n) is 10.3. The maximum atomic E-state index is 12.1. The average Bonchev–Trinajstić information content (AvgIpc) is 3.08. The molecule has 10 heteroatoms. The third-order valence-corrected chi connectivity index (χ3v) is 11.2. The molecule has 166 valence electrons. The summed E-state index contributed by atoms with van der Waals surface area (Å²) in [4.78, 5) is 25.1. The van der Waals surface area contributed by atoms with Crippen LogP contribution in [0.3, 0.4) is 0 Å². The fraction of sp³-hybridized carbons (Fsp3) is 0.650. The molecular weight excluding hydrogens is 422 g/mol. The molecule has 0 saturated carbocycles. The monoisotopic (exact) mass is 453 g/mol. The van der Waals surface area contributed by atoms with E-state index in [1.807, 2.05) is 13.0 Å². The largest absolute Gasteiger partial charge is 0.465 e. The van der Waals surface area contributed by atoms with E-state index in [1.54, 1.807) is 6.20 Å². The van der Waals surface area contributed by atoms with Crippen LogP contribution in [0, 0.1) is 0 Å². The highest BCUT2D eigenvalue weighted by atomic mass is 35.5. The number of carbonyl (C=O) groups is 1. The minimum Gasteiger partial charge on any atom is -0.465 e. The first-order valence-corrected chi connectivity index (χ1v) is 13.6. The molecule has 2 aromatic rings. The zero-order valence-electron chi connectivity index (χ0n) is 18.5. The fourth-order valence-corrected chi connectivity index (χ4v) is 5.36. The van der Waals surface area contributed by atoms with E-state index in [4.69, 9.17) is 16.0 Å². The second kappa shape index (κ2) is 8.36. The molecule has 0 radical (unpaired) electrons. The van der Waals surface area contributed by atoms with Crippen molar-refractivity contribution < 1.29 is 14.3 Å². The van der Waals surface area contributed by atoms with Gasteiger partial charge in [0.25, 0.3) is 0 Å². The van der Waals surface area contributed by atoms with Crippen molar-refractivity contribution in [1.29, 1.82) is 0 Å². The van der Waals surface area contributed by atoms with E-state index in [-0.39, 0.29) is 28.5 Å². The molecule has 1 amide bonds. The lowest BCUT2D eigenvalue weighted by Gasteiger charge is -2.45. The topological polar surface area (TPSA) is 103 Å². The second-order valence-corrected chi connectivity index (χ2v) is 14.7. The summed E-state index contributed by atoms with van der Waals surface area (Å²) in [7, 11) is -1.99. The van der Waals surface area contributed by atoms with Crippen molar-refractivity contribution in [3.05, 3.63) is 17.5 Å². The number of halogens is 1. The molecule has 3 atom stereocenters. The molecule has 1 saturated heterocycles. The number of fused-ring (bicyclic) bond motifs is 1. The zero-order chi connectivity index (χ0) is 22.3. The van der Waals surface area contributed by atoms with Crippen LogP contribution in [0.2, 0.25) is 23.4 Å². The number of hydrogen-bond donors (Lipinski definition) is 3. The van der Waals surface area contributed by atoms with E-state index < -0.39 is 14.4 Å². The Labute approximate surface area is 183 Å². The average molecular weight is 454 g/mol. The SMILES string of the molecule is C[C@H](O[Si](C)(C)C(C)(C)C)C1CCC(Nc2nc(Cl)nc3[nH]ccc23)CN1C(=O)O. The highest BCUT2D eigenvalue weighted by Crippen LogP contribution is 2.38. The molecule has 1 fully saturated rings. The summed E-state index contributed by atoms with van der Waals surface area (Å²) in [6.45, 7) is 13.3. The van der Waals surface area contributed by atoms with E-state index in [1.165, 1.54) is 4.90 Å². The van der Waals surface area contributed by atoms with Crippen LogP contribution in [0.4, 0.5) is 10.6 Å². The maximum absolute atomic E-state index is 12.1. The highest BCUT2D eigenvalue weighted by molar-refractivity contribution is 6.74. The molecule has 8 nitrogen and oxygen atoms in total. The summed E-state index contributed by atoms with van der Waals surface area (Å²) < 4.78 is 6.51. The van der Waals surface area contributed by atoms with Gasteiger partial charge in [0.1, 0.15) is 11.5 Å². The highest BCUT2D eigenvalue weighted by Gasteiger charge is 2.42. The predicted molar refractivity (Wildman–Crippen MR) is 122 cm³/mol. The molecule has 3 rings (SSSR count). The van der Waals surface area contributed by atoms with Crippen molar-refractivity contribution in [2.75, 3.05) is 11.9 Å². The van der Waals surface area contributed by atoms with E-state index in [0.29, 0.717) is 18.0 Å². The molecule has 3 N–H and O–H groups in total. The molecule has 0 bridgehead atoms. The third kappa shape index (κ3) is 4.73. The number of likely N-dealkylation sites (tertiary alicyclic amines) is 1. The lowest BCUT2D eigenvalue weighted by Crippen LogP contribution is -2.57. The number of nitrogens with one attached hydrogen (secondary N) is 2. The lowest BCUT2D eigenvalue weighted by molar-refractivity contribution is 0.0404. The van der Waals surface area contributed by atoms with Gasteiger partial charge in [0.15, 0.2) is 8.32 Å². The van der Waals surface area contributed by atoms with Crippen molar-refractivity contribution in [2.24, 2.45) is 0 Å². The van der Waals surface area contributed by atoms with Gasteiger partial charge in [0.05, 0.1) is 17.5 Å². The summed E-state index contributed by atoms with van der Waals surface area (Å²) >= 11 is 6.04. The molecule has 0 spiro atoms. The summed E-state index contributed by atoms with van der Waals surface area (Å²) in [6.07, 6.45) is 2.22. The Morgan fingerprint density at radius 2 is 2.10 bits per heavy atom. The number of carboxylic acid groups (broad SMARTS) is 1. The van der Waals surface area contributed by atoms with E-state index >= 15 is 0 Å². The van der Waals surface area contributed by atoms with Crippen LogP contribution in [0.15, 0.2) is 12.3 Å². The van der Waals surface area contributed by atoms with Crippen LogP contribution in [-0.2, 0) is 4.43 Å². The van der Waals surface area contributed by atoms with Crippen molar-refractivity contribution in [1.82, 2.24) is 19.9 Å². The molecule has 30 heavy (non-hydrogen) atoms. The van der Waals surface area contributed by atoms with E-state index in [0.717, 1.165) is 18.2 Å². The maximum Gasteiger partial charge on any atom is 0.407 e. The van der Waals surface area contributed by atoms with Crippen LogP contribution in [0.1, 0.15) is 40.5 Å². The van der Waals surface area contributed by atoms with Gasteiger partial charge in [0.2, 0.25) is 5.28 Å². The van der Waals surface area contributed by atoms with Gasteiger partial charge in [-0.05, 0) is 55.6 Å². The third-order valence-electron chi connectivity index (χ3n) is 6.43. The van der Waals surface area contributed by atoms with Gasteiger partial charge in [-0.3, -0.25) is 0 Å². The number of H-pyrrole nitrogens is 1. The summed E-state index contributed by atoms with van der Waals surface area (Å²) in [6, 6.07) is 1.64. The lowest BCUT2D eigenvalue weighted by atomic mass is 9.95. The van der Waals surface area contributed by atoms with Gasteiger partial charge in [-0.15, -0.1) is 0 Å². The first-order chi connectivity index (χ1) is 13.9. The Kier molecular flexibility index (Phi) is 6.36. The molecule has 0 aliphatic carbocycles. The summed E-state index contributed by atoms with van der Waals surface area (Å²) in [5.41, 5.74) is 0.651. The predicted octanol–water partition coefficient (Wildman–Crippen LogP) is 4.94. The van der Waals surface area contributed by atoms with Gasteiger partial charge < -0.3 is 24.7 Å². The Morgan fingerprint density at radius 1 is 1.40 bits per heavy atom. The van der Waals surface area contributed by atoms with Gasteiger partial charge in [-0.1, -0.05) is 20.8 Å². The standard InChI is InChI=1S/C20H32ClN5O3Si/c1-12(29-30(5,6)20(2,3)4)15-8-7-13(11-26(15)19(27)28)23-17-14-9-10-22-16(14)24-18(21)25-17/h9-10,12-13,15H,7-8,11H2,1-6H3,(H,27,28)(H2,22,23,24,25)/t12-,13?,15?/m0/s1. The number of aromatic amines is 1. The van der Waals surface area contributed by atoms with Crippen LogP contribution in [0.25, 0.3) is 11.0 Å². The Balaban J connectivity index is 1.74.